The number of hydrogen-bond acceptors (Lipinski definition) is 6. The Morgan fingerprint density at radius 1 is 1.17 bits per heavy atom. The van der Waals surface area contributed by atoms with E-state index in [1.165, 1.54) is 6.42 Å². The van der Waals surface area contributed by atoms with E-state index in [1.807, 2.05) is 0 Å². The Bertz CT molecular complexity index is 303. The van der Waals surface area contributed by atoms with Crippen LogP contribution in [0.2, 0.25) is 0 Å². The van der Waals surface area contributed by atoms with Gasteiger partial charge in [0.05, 0.1) is 6.61 Å². The summed E-state index contributed by atoms with van der Waals surface area (Å²) in [7, 11) is 0. The van der Waals surface area contributed by atoms with Crippen molar-refractivity contribution < 1.29 is 29.5 Å². The maximum Gasteiger partial charge on any atom is 0.190 e. The summed E-state index contributed by atoms with van der Waals surface area (Å²) < 4.78 is 17.1. The molecule has 3 aliphatic rings. The third-order valence-corrected chi connectivity index (χ3v) is 4.10. The molecule has 3 N–H and O–H groups in total. The Labute approximate surface area is 105 Å². The van der Waals surface area contributed by atoms with Crippen LogP contribution in [0.25, 0.3) is 0 Å². The highest BCUT2D eigenvalue weighted by molar-refractivity contribution is 4.97. The molecule has 2 unspecified atom stereocenters. The van der Waals surface area contributed by atoms with Crippen molar-refractivity contribution in [3.8, 4) is 0 Å². The minimum absolute atomic E-state index is 0.452. The molecule has 0 bridgehead atoms. The molecule has 0 aromatic rings. The molecule has 0 radical (unpaired) electrons. The van der Waals surface area contributed by atoms with Crippen LogP contribution in [0.1, 0.15) is 32.1 Å². The number of hydrogen-bond donors (Lipinski definition) is 3. The predicted octanol–water partition coefficient (Wildman–Crippen LogP) is -0.499. The molecule has 5 atom stereocenters. The molecule has 0 aromatic carbocycles. The second-order valence-electron chi connectivity index (χ2n) is 5.38. The van der Waals surface area contributed by atoms with Gasteiger partial charge in [-0.3, -0.25) is 0 Å². The summed E-state index contributed by atoms with van der Waals surface area (Å²) in [5.41, 5.74) is 0. The molecule has 2 saturated heterocycles. The number of ether oxygens (including phenoxy) is 3. The second kappa shape index (κ2) is 4.70. The number of aliphatic hydroxyl groups excluding tert-OH is 3. The fraction of sp³-hybridized carbons (Fsp3) is 1.00. The average Bonchev–Trinajstić information content (AvgIpc) is 2.86. The third-order valence-electron chi connectivity index (χ3n) is 4.10. The van der Waals surface area contributed by atoms with Gasteiger partial charge in [0, 0.05) is 12.8 Å². The smallest absolute Gasteiger partial charge is 0.190 e. The van der Waals surface area contributed by atoms with Crippen molar-refractivity contribution in [3.63, 3.8) is 0 Å². The van der Waals surface area contributed by atoms with Crippen molar-refractivity contribution in [2.24, 2.45) is 0 Å². The van der Waals surface area contributed by atoms with Crippen LogP contribution >= 0.6 is 0 Å². The maximum absolute atomic E-state index is 10.1. The van der Waals surface area contributed by atoms with Crippen LogP contribution in [0.3, 0.4) is 0 Å². The van der Waals surface area contributed by atoms with Gasteiger partial charge in [-0.25, -0.2) is 0 Å². The summed E-state index contributed by atoms with van der Waals surface area (Å²) in [5, 5.41) is 28.5. The molecule has 0 amide bonds. The first-order valence-corrected chi connectivity index (χ1v) is 6.63. The van der Waals surface area contributed by atoms with Gasteiger partial charge >= 0.3 is 0 Å². The molecule has 2 heterocycles. The number of rotatable bonds is 2. The SMILES string of the molecule is OCC(O)[C@H]1O[C@@H]2OC3(CCCCC3)O[C@H]2C1O. The minimum atomic E-state index is -1.11. The highest BCUT2D eigenvalue weighted by atomic mass is 16.8. The number of fused-ring (bicyclic) bond motifs is 1. The lowest BCUT2D eigenvalue weighted by Crippen LogP contribution is -2.43. The molecule has 0 aromatic heterocycles. The standard InChI is InChI=1S/C12H20O6/c13-6-7(14)9-8(15)10-11(16-9)18-12(17-10)4-2-1-3-5-12/h7-11,13-15H,1-6H2/t7?,8?,9-,10+,11-/m1/s1. The van der Waals surface area contributed by atoms with Crippen molar-refractivity contribution in [3.05, 3.63) is 0 Å². The van der Waals surface area contributed by atoms with E-state index in [9.17, 15) is 10.2 Å². The van der Waals surface area contributed by atoms with Gasteiger partial charge in [0.1, 0.15) is 24.4 Å². The topological polar surface area (TPSA) is 88.4 Å². The van der Waals surface area contributed by atoms with E-state index in [0.717, 1.165) is 25.7 Å². The van der Waals surface area contributed by atoms with Gasteiger partial charge in [-0.2, -0.15) is 0 Å². The predicted molar refractivity (Wildman–Crippen MR) is 59.5 cm³/mol. The lowest BCUT2D eigenvalue weighted by molar-refractivity contribution is -0.254. The minimum Gasteiger partial charge on any atom is -0.394 e. The molecular formula is C12H20O6. The molecule has 3 fully saturated rings. The highest BCUT2D eigenvalue weighted by Crippen LogP contribution is 2.45. The Balaban J connectivity index is 1.68. The van der Waals surface area contributed by atoms with E-state index >= 15 is 0 Å². The molecular weight excluding hydrogens is 240 g/mol. The molecule has 104 valence electrons. The average molecular weight is 260 g/mol. The second-order valence-corrected chi connectivity index (χ2v) is 5.38. The van der Waals surface area contributed by atoms with Crippen LogP contribution in [0, 0.1) is 0 Å². The summed E-state index contributed by atoms with van der Waals surface area (Å²) in [6.45, 7) is -0.452. The number of aliphatic hydroxyl groups is 3. The highest BCUT2D eigenvalue weighted by Gasteiger charge is 2.58. The van der Waals surface area contributed by atoms with Gasteiger partial charge in [0.15, 0.2) is 12.1 Å². The largest absolute Gasteiger partial charge is 0.394 e. The Hall–Kier alpha value is -0.240. The lowest BCUT2D eigenvalue weighted by Gasteiger charge is -2.33. The summed E-state index contributed by atoms with van der Waals surface area (Å²) in [6, 6.07) is 0. The molecule has 18 heavy (non-hydrogen) atoms. The van der Waals surface area contributed by atoms with Crippen LogP contribution in [-0.2, 0) is 14.2 Å². The van der Waals surface area contributed by atoms with Crippen molar-refractivity contribution in [2.45, 2.75) is 68.6 Å². The van der Waals surface area contributed by atoms with Gasteiger partial charge in [0.2, 0.25) is 0 Å². The van der Waals surface area contributed by atoms with Gasteiger partial charge in [-0.15, -0.1) is 0 Å². The first kappa shape index (κ1) is 12.8. The molecule has 1 aliphatic carbocycles. The van der Waals surface area contributed by atoms with Crippen molar-refractivity contribution >= 4 is 0 Å². The Morgan fingerprint density at radius 3 is 2.50 bits per heavy atom. The summed E-state index contributed by atoms with van der Waals surface area (Å²) in [5.74, 6) is -0.607. The first-order valence-electron chi connectivity index (χ1n) is 6.63. The fourth-order valence-corrected chi connectivity index (χ4v) is 3.12. The lowest BCUT2D eigenvalue weighted by atomic mass is 9.94. The van der Waals surface area contributed by atoms with Crippen LogP contribution in [-0.4, -0.2) is 58.4 Å². The quantitative estimate of drug-likeness (QED) is 0.620. The zero-order valence-corrected chi connectivity index (χ0v) is 10.2. The van der Waals surface area contributed by atoms with E-state index in [2.05, 4.69) is 0 Å². The van der Waals surface area contributed by atoms with Crippen molar-refractivity contribution in [1.82, 2.24) is 0 Å². The van der Waals surface area contributed by atoms with E-state index in [-0.39, 0.29) is 0 Å². The third kappa shape index (κ3) is 1.97. The first-order chi connectivity index (χ1) is 8.65. The van der Waals surface area contributed by atoms with Crippen LogP contribution in [0.15, 0.2) is 0 Å². The van der Waals surface area contributed by atoms with Crippen LogP contribution in [0.5, 0.6) is 0 Å². The zero-order chi connectivity index (χ0) is 12.8. The molecule has 2 aliphatic heterocycles. The summed E-state index contributed by atoms with van der Waals surface area (Å²) in [4.78, 5) is 0. The van der Waals surface area contributed by atoms with Gasteiger partial charge in [-0.1, -0.05) is 6.42 Å². The van der Waals surface area contributed by atoms with E-state index in [0.29, 0.717) is 0 Å². The van der Waals surface area contributed by atoms with E-state index < -0.39 is 43.1 Å². The van der Waals surface area contributed by atoms with Gasteiger partial charge < -0.3 is 29.5 Å². The molecule has 1 spiro atoms. The molecule has 6 nitrogen and oxygen atoms in total. The Kier molecular flexibility index (Phi) is 3.34. The van der Waals surface area contributed by atoms with Gasteiger partial charge in [-0.05, 0) is 12.8 Å². The Morgan fingerprint density at radius 2 is 1.89 bits per heavy atom. The summed E-state index contributed by atoms with van der Waals surface area (Å²) in [6.07, 6.45) is 0.824. The van der Waals surface area contributed by atoms with Crippen LogP contribution in [0.4, 0.5) is 0 Å². The molecule has 6 heteroatoms. The van der Waals surface area contributed by atoms with E-state index in [4.69, 9.17) is 19.3 Å². The molecule has 3 rings (SSSR count). The normalized spacial score (nSPS) is 44.2. The molecule has 1 saturated carbocycles. The van der Waals surface area contributed by atoms with Crippen molar-refractivity contribution in [2.75, 3.05) is 6.61 Å². The van der Waals surface area contributed by atoms with Crippen LogP contribution < -0.4 is 0 Å². The monoisotopic (exact) mass is 260 g/mol. The fourth-order valence-electron chi connectivity index (χ4n) is 3.12. The summed E-state index contributed by atoms with van der Waals surface area (Å²) >= 11 is 0. The van der Waals surface area contributed by atoms with E-state index in [1.54, 1.807) is 0 Å². The zero-order valence-electron chi connectivity index (χ0n) is 10.2. The van der Waals surface area contributed by atoms with Crippen molar-refractivity contribution in [1.29, 1.82) is 0 Å². The maximum atomic E-state index is 10.1. The van der Waals surface area contributed by atoms with Gasteiger partial charge in [0.25, 0.3) is 0 Å².